The van der Waals surface area contributed by atoms with Crippen LogP contribution in [0.1, 0.15) is 6.42 Å². The maximum atomic E-state index is 11.7. The van der Waals surface area contributed by atoms with Gasteiger partial charge in [0.1, 0.15) is 0 Å². The number of carbonyl (C=O) groups is 1. The molecule has 3 nitrogen and oxygen atoms in total. The first-order chi connectivity index (χ1) is 6.77. The summed E-state index contributed by atoms with van der Waals surface area (Å²) in [5, 5.41) is 0. The summed E-state index contributed by atoms with van der Waals surface area (Å²) in [6.07, 6.45) is 0.603. The fourth-order valence-corrected chi connectivity index (χ4v) is 2.45. The van der Waals surface area contributed by atoms with E-state index >= 15 is 0 Å². The van der Waals surface area contributed by atoms with Crippen LogP contribution in [0.15, 0.2) is 35.2 Å². The van der Waals surface area contributed by atoms with Crippen LogP contribution < -0.4 is 0 Å². The molecule has 1 fully saturated rings. The largest absolute Gasteiger partial charge is 0.610 e. The molecule has 1 amide bonds. The SMILES string of the molecule is O=C1CCN1C[S+]([O-])c1ccccc1. The number of rotatable bonds is 3. The van der Waals surface area contributed by atoms with Crippen LogP contribution in [0.5, 0.6) is 0 Å². The molecule has 4 heteroatoms. The molecule has 0 bridgehead atoms. The highest BCUT2D eigenvalue weighted by molar-refractivity contribution is 7.91. The van der Waals surface area contributed by atoms with Crippen molar-refractivity contribution in [3.8, 4) is 0 Å². The summed E-state index contributed by atoms with van der Waals surface area (Å²) < 4.78 is 11.7. The van der Waals surface area contributed by atoms with E-state index in [0.29, 0.717) is 12.3 Å². The zero-order valence-corrected chi connectivity index (χ0v) is 8.50. The van der Waals surface area contributed by atoms with Crippen molar-refractivity contribution in [2.24, 2.45) is 0 Å². The Labute approximate surface area is 85.9 Å². The molecule has 1 aromatic rings. The fraction of sp³-hybridized carbons (Fsp3) is 0.300. The standard InChI is InChI=1S/C10H11NO2S/c12-10-6-7-11(10)8-14(13)9-4-2-1-3-5-9/h1-5H,6-8H2. The lowest BCUT2D eigenvalue weighted by molar-refractivity contribution is -0.138. The number of β-lactam (4-membered cyclic amide) rings is 1. The lowest BCUT2D eigenvalue weighted by Crippen LogP contribution is -2.45. The van der Waals surface area contributed by atoms with Crippen molar-refractivity contribution in [1.29, 1.82) is 0 Å². The van der Waals surface area contributed by atoms with E-state index in [1.54, 1.807) is 4.90 Å². The Hall–Kier alpha value is -1.00. The summed E-state index contributed by atoms with van der Waals surface area (Å²) in [7, 11) is 0. The van der Waals surface area contributed by atoms with Crippen LogP contribution in [0.4, 0.5) is 0 Å². The second-order valence-electron chi connectivity index (χ2n) is 3.19. The molecule has 1 heterocycles. The van der Waals surface area contributed by atoms with Crippen LogP contribution in [0, 0.1) is 0 Å². The lowest BCUT2D eigenvalue weighted by Gasteiger charge is -2.30. The Morgan fingerprint density at radius 2 is 2.07 bits per heavy atom. The molecule has 1 unspecified atom stereocenters. The Morgan fingerprint density at radius 1 is 1.36 bits per heavy atom. The minimum atomic E-state index is -1.08. The van der Waals surface area contributed by atoms with Crippen molar-refractivity contribution in [2.75, 3.05) is 12.4 Å². The zero-order chi connectivity index (χ0) is 9.97. The van der Waals surface area contributed by atoms with Gasteiger partial charge in [0.2, 0.25) is 5.91 Å². The third-order valence-electron chi connectivity index (χ3n) is 2.23. The van der Waals surface area contributed by atoms with Gasteiger partial charge in [0, 0.05) is 24.1 Å². The van der Waals surface area contributed by atoms with Crippen LogP contribution in [0.3, 0.4) is 0 Å². The molecule has 1 aliphatic heterocycles. The second kappa shape index (κ2) is 4.02. The summed E-state index contributed by atoms with van der Waals surface area (Å²) in [5.74, 6) is 0.442. The molecular weight excluding hydrogens is 198 g/mol. The van der Waals surface area contributed by atoms with Crippen LogP contribution in [-0.2, 0) is 16.0 Å². The third kappa shape index (κ3) is 1.91. The molecule has 0 spiro atoms. The molecule has 74 valence electrons. The van der Waals surface area contributed by atoms with E-state index in [2.05, 4.69) is 0 Å². The predicted octanol–water partition coefficient (Wildman–Crippen LogP) is 0.984. The van der Waals surface area contributed by atoms with Crippen molar-refractivity contribution in [3.05, 3.63) is 30.3 Å². The van der Waals surface area contributed by atoms with Crippen molar-refractivity contribution < 1.29 is 9.35 Å². The first kappa shape index (κ1) is 9.55. The average Bonchev–Trinajstić information content (AvgIpc) is 2.24. The Morgan fingerprint density at radius 3 is 2.57 bits per heavy atom. The van der Waals surface area contributed by atoms with E-state index in [4.69, 9.17) is 0 Å². The monoisotopic (exact) mass is 209 g/mol. The zero-order valence-electron chi connectivity index (χ0n) is 7.68. The van der Waals surface area contributed by atoms with Crippen molar-refractivity contribution in [1.82, 2.24) is 4.90 Å². The van der Waals surface area contributed by atoms with Crippen LogP contribution in [-0.4, -0.2) is 27.8 Å². The number of benzene rings is 1. The third-order valence-corrected chi connectivity index (χ3v) is 3.57. The summed E-state index contributed by atoms with van der Waals surface area (Å²) in [6.45, 7) is 0.747. The number of nitrogens with zero attached hydrogens (tertiary/aromatic N) is 1. The van der Waals surface area contributed by atoms with Crippen LogP contribution in [0.25, 0.3) is 0 Å². The summed E-state index contributed by atoms with van der Waals surface area (Å²) in [6, 6.07) is 9.23. The summed E-state index contributed by atoms with van der Waals surface area (Å²) >= 11 is -1.08. The number of amides is 1. The molecule has 1 aliphatic rings. The van der Waals surface area contributed by atoms with E-state index in [-0.39, 0.29) is 5.91 Å². The van der Waals surface area contributed by atoms with Gasteiger partial charge >= 0.3 is 0 Å². The minimum absolute atomic E-state index is 0.106. The van der Waals surface area contributed by atoms with Gasteiger partial charge in [0.15, 0.2) is 10.8 Å². The minimum Gasteiger partial charge on any atom is -0.610 e. The van der Waals surface area contributed by atoms with Gasteiger partial charge in [-0.05, 0) is 12.1 Å². The predicted molar refractivity (Wildman–Crippen MR) is 54.0 cm³/mol. The Bertz CT molecular complexity index is 328. The maximum absolute atomic E-state index is 11.7. The van der Waals surface area contributed by atoms with E-state index in [9.17, 15) is 9.35 Å². The van der Waals surface area contributed by atoms with Gasteiger partial charge in [-0.15, -0.1) is 0 Å². The van der Waals surface area contributed by atoms with Gasteiger partial charge in [-0.2, -0.15) is 0 Å². The molecule has 0 saturated carbocycles. The molecule has 14 heavy (non-hydrogen) atoms. The quantitative estimate of drug-likeness (QED) is 0.550. The number of carbonyl (C=O) groups excluding carboxylic acids is 1. The molecule has 1 saturated heterocycles. The summed E-state index contributed by atoms with van der Waals surface area (Å²) in [4.78, 5) is 13.4. The lowest BCUT2D eigenvalue weighted by atomic mass is 10.2. The van der Waals surface area contributed by atoms with Gasteiger partial charge in [-0.3, -0.25) is 9.69 Å². The highest BCUT2D eigenvalue weighted by Gasteiger charge is 2.28. The topological polar surface area (TPSA) is 43.4 Å². The molecule has 2 rings (SSSR count). The van der Waals surface area contributed by atoms with Gasteiger partial charge in [-0.1, -0.05) is 18.2 Å². The van der Waals surface area contributed by atoms with Crippen LogP contribution in [0.2, 0.25) is 0 Å². The molecular formula is C10H11NO2S. The Kier molecular flexibility index (Phi) is 2.74. The normalized spacial score (nSPS) is 17.8. The smallest absolute Gasteiger partial charge is 0.227 e. The summed E-state index contributed by atoms with van der Waals surface area (Å²) in [5.41, 5.74) is 0. The average molecular weight is 209 g/mol. The van der Waals surface area contributed by atoms with E-state index in [1.165, 1.54) is 0 Å². The van der Waals surface area contributed by atoms with Crippen molar-refractivity contribution in [3.63, 3.8) is 0 Å². The molecule has 1 aromatic carbocycles. The van der Waals surface area contributed by atoms with Crippen molar-refractivity contribution >= 4 is 17.1 Å². The van der Waals surface area contributed by atoms with Gasteiger partial charge in [0.05, 0.1) is 0 Å². The Balaban J connectivity index is 1.96. The van der Waals surface area contributed by atoms with E-state index < -0.39 is 11.2 Å². The highest BCUT2D eigenvalue weighted by atomic mass is 32.2. The van der Waals surface area contributed by atoms with Crippen molar-refractivity contribution in [2.45, 2.75) is 11.3 Å². The van der Waals surface area contributed by atoms with Gasteiger partial charge in [0.25, 0.3) is 0 Å². The first-order valence-electron chi connectivity index (χ1n) is 4.48. The van der Waals surface area contributed by atoms with E-state index in [0.717, 1.165) is 11.4 Å². The second-order valence-corrected chi connectivity index (χ2v) is 4.62. The molecule has 0 aliphatic carbocycles. The maximum Gasteiger partial charge on any atom is 0.227 e. The first-order valence-corrected chi connectivity index (χ1v) is 5.80. The molecule has 0 aromatic heterocycles. The number of likely N-dealkylation sites (tertiary alicyclic amines) is 1. The molecule has 1 atom stereocenters. The number of hydrogen-bond donors (Lipinski definition) is 0. The number of hydrogen-bond acceptors (Lipinski definition) is 2. The van der Waals surface area contributed by atoms with Gasteiger partial charge in [-0.25, -0.2) is 0 Å². The fourth-order valence-electron chi connectivity index (χ4n) is 1.29. The molecule has 0 radical (unpaired) electrons. The highest BCUT2D eigenvalue weighted by Crippen LogP contribution is 2.16. The van der Waals surface area contributed by atoms with Crippen LogP contribution >= 0.6 is 0 Å². The van der Waals surface area contributed by atoms with Gasteiger partial charge < -0.3 is 4.55 Å². The van der Waals surface area contributed by atoms with E-state index in [1.807, 2.05) is 30.3 Å². The molecule has 0 N–H and O–H groups in total.